The number of hydrogen-bond acceptors (Lipinski definition) is 4. The van der Waals surface area contributed by atoms with Gasteiger partial charge in [0.2, 0.25) is 0 Å². The molecule has 3 rings (SSSR count). The third-order valence-corrected chi connectivity index (χ3v) is 5.82. The molecule has 0 radical (unpaired) electrons. The first-order chi connectivity index (χ1) is 9.77. The van der Waals surface area contributed by atoms with Crippen LogP contribution in [0.15, 0.2) is 0 Å². The van der Waals surface area contributed by atoms with Crippen LogP contribution in [0.1, 0.15) is 45.4 Å². The van der Waals surface area contributed by atoms with E-state index in [1.165, 1.54) is 51.9 Å². The topological polar surface area (TPSA) is 41.7 Å². The van der Waals surface area contributed by atoms with E-state index in [0.29, 0.717) is 6.10 Å². The zero-order valence-corrected chi connectivity index (χ0v) is 13.0. The predicted octanol–water partition coefficient (Wildman–Crippen LogP) is 1.44. The molecule has 20 heavy (non-hydrogen) atoms. The van der Waals surface area contributed by atoms with E-state index in [1.54, 1.807) is 0 Å². The Bertz CT molecular complexity index is 303. The summed E-state index contributed by atoms with van der Waals surface area (Å²) in [5.41, 5.74) is 6.36. The summed E-state index contributed by atoms with van der Waals surface area (Å²) in [6, 6.07) is 0.878. The Hall–Kier alpha value is -0.160. The molecule has 1 heterocycles. The van der Waals surface area contributed by atoms with E-state index in [-0.39, 0.29) is 5.54 Å². The fourth-order valence-corrected chi connectivity index (χ4v) is 4.53. The van der Waals surface area contributed by atoms with Crippen molar-refractivity contribution >= 4 is 0 Å². The molecule has 3 aliphatic rings. The maximum absolute atomic E-state index is 6.10. The van der Waals surface area contributed by atoms with Crippen LogP contribution in [-0.4, -0.2) is 66.8 Å². The van der Waals surface area contributed by atoms with E-state index in [1.807, 2.05) is 0 Å². The zero-order valence-electron chi connectivity index (χ0n) is 13.0. The summed E-state index contributed by atoms with van der Waals surface area (Å²) in [6.07, 6.45) is 8.46. The summed E-state index contributed by atoms with van der Waals surface area (Å²) in [7, 11) is 0. The second kappa shape index (κ2) is 6.30. The van der Waals surface area contributed by atoms with Crippen LogP contribution in [0.25, 0.3) is 0 Å². The molecule has 0 bridgehead atoms. The minimum absolute atomic E-state index is 0.252. The van der Waals surface area contributed by atoms with Crippen LogP contribution >= 0.6 is 0 Å². The van der Waals surface area contributed by atoms with Gasteiger partial charge in [-0.2, -0.15) is 0 Å². The molecule has 3 fully saturated rings. The lowest BCUT2D eigenvalue weighted by Gasteiger charge is -2.56. The van der Waals surface area contributed by atoms with Crippen molar-refractivity contribution in [2.75, 3.05) is 39.3 Å². The molecule has 1 aliphatic heterocycles. The van der Waals surface area contributed by atoms with Gasteiger partial charge in [-0.3, -0.25) is 9.80 Å². The smallest absolute Gasteiger partial charge is 0.0611 e. The Morgan fingerprint density at radius 1 is 1.10 bits per heavy atom. The van der Waals surface area contributed by atoms with Crippen molar-refractivity contribution in [3.63, 3.8) is 0 Å². The molecule has 0 atom stereocenters. The van der Waals surface area contributed by atoms with Crippen molar-refractivity contribution < 1.29 is 4.74 Å². The molecule has 0 unspecified atom stereocenters. The first-order valence-electron chi connectivity index (χ1n) is 8.58. The average molecular weight is 281 g/mol. The Morgan fingerprint density at radius 3 is 2.30 bits per heavy atom. The van der Waals surface area contributed by atoms with Crippen molar-refractivity contribution in [2.24, 2.45) is 5.73 Å². The first-order valence-corrected chi connectivity index (χ1v) is 8.58. The van der Waals surface area contributed by atoms with Crippen molar-refractivity contribution in [1.29, 1.82) is 0 Å². The largest absolute Gasteiger partial charge is 0.378 e. The van der Waals surface area contributed by atoms with Crippen LogP contribution in [-0.2, 0) is 4.74 Å². The van der Waals surface area contributed by atoms with Gasteiger partial charge in [0.25, 0.3) is 0 Å². The lowest BCUT2D eigenvalue weighted by molar-refractivity contribution is -0.112. The molecule has 0 aromatic carbocycles. The van der Waals surface area contributed by atoms with Crippen LogP contribution in [0.4, 0.5) is 0 Å². The summed E-state index contributed by atoms with van der Waals surface area (Å²) >= 11 is 0. The van der Waals surface area contributed by atoms with Gasteiger partial charge in [-0.05, 0) is 32.6 Å². The van der Waals surface area contributed by atoms with Gasteiger partial charge < -0.3 is 10.5 Å². The number of rotatable bonds is 5. The summed E-state index contributed by atoms with van der Waals surface area (Å²) in [4.78, 5) is 5.39. The van der Waals surface area contributed by atoms with Crippen LogP contribution < -0.4 is 5.73 Å². The average Bonchev–Trinajstić information content (AvgIpc) is 2.97. The van der Waals surface area contributed by atoms with Crippen LogP contribution in [0, 0.1) is 0 Å². The number of ether oxygens (including phenoxy) is 1. The number of nitrogens with two attached hydrogens (primary N) is 1. The molecule has 4 nitrogen and oxygen atoms in total. The highest BCUT2D eigenvalue weighted by Gasteiger charge is 2.48. The summed E-state index contributed by atoms with van der Waals surface area (Å²) in [5.74, 6) is 0. The van der Waals surface area contributed by atoms with Crippen molar-refractivity contribution in [2.45, 2.75) is 63.1 Å². The molecule has 0 amide bonds. The minimum atomic E-state index is 0.252. The van der Waals surface area contributed by atoms with E-state index in [4.69, 9.17) is 10.5 Å². The minimum Gasteiger partial charge on any atom is -0.378 e. The van der Waals surface area contributed by atoms with Gasteiger partial charge in [-0.15, -0.1) is 0 Å². The van der Waals surface area contributed by atoms with Crippen LogP contribution in [0.2, 0.25) is 0 Å². The first kappa shape index (κ1) is 14.8. The van der Waals surface area contributed by atoms with Crippen molar-refractivity contribution in [1.82, 2.24) is 9.80 Å². The summed E-state index contributed by atoms with van der Waals surface area (Å²) in [5, 5.41) is 0. The molecule has 0 aromatic rings. The van der Waals surface area contributed by atoms with E-state index < -0.39 is 0 Å². The van der Waals surface area contributed by atoms with Gasteiger partial charge in [-0.1, -0.05) is 12.8 Å². The predicted molar refractivity (Wildman–Crippen MR) is 81.8 cm³/mol. The molecule has 4 heteroatoms. The lowest BCUT2D eigenvalue weighted by Crippen LogP contribution is -2.67. The lowest BCUT2D eigenvalue weighted by atomic mass is 9.72. The highest BCUT2D eigenvalue weighted by molar-refractivity contribution is 5.05. The van der Waals surface area contributed by atoms with Crippen molar-refractivity contribution in [3.8, 4) is 0 Å². The SMILES string of the molecule is CCOC1CC(CN)(N2CCN(C3CCCC3)CC2)C1. The molecule has 116 valence electrons. The standard InChI is InChI=1S/C16H31N3O/c1-2-20-15-11-16(12-15,13-17)19-9-7-18(8-10-19)14-5-3-4-6-14/h14-15H,2-13,17H2,1H3. The Kier molecular flexibility index (Phi) is 4.65. The van der Waals surface area contributed by atoms with Crippen LogP contribution in [0.3, 0.4) is 0 Å². The van der Waals surface area contributed by atoms with E-state index in [0.717, 1.165) is 32.0 Å². The van der Waals surface area contributed by atoms with E-state index in [2.05, 4.69) is 16.7 Å². The second-order valence-electron chi connectivity index (χ2n) is 6.88. The summed E-state index contributed by atoms with van der Waals surface area (Å²) in [6.45, 7) is 8.60. The van der Waals surface area contributed by atoms with Gasteiger partial charge in [0, 0.05) is 50.9 Å². The molecule has 1 saturated heterocycles. The third kappa shape index (κ3) is 2.76. The van der Waals surface area contributed by atoms with Crippen molar-refractivity contribution in [3.05, 3.63) is 0 Å². The highest BCUT2D eigenvalue weighted by Crippen LogP contribution is 2.40. The fraction of sp³-hybridized carbons (Fsp3) is 1.00. The van der Waals surface area contributed by atoms with E-state index >= 15 is 0 Å². The molecular formula is C16H31N3O. The quantitative estimate of drug-likeness (QED) is 0.828. The van der Waals surface area contributed by atoms with Gasteiger partial charge in [0.05, 0.1) is 6.10 Å². The monoisotopic (exact) mass is 281 g/mol. The number of hydrogen-bond donors (Lipinski definition) is 1. The third-order valence-electron chi connectivity index (χ3n) is 5.82. The normalized spacial score (nSPS) is 37.2. The highest BCUT2D eigenvalue weighted by atomic mass is 16.5. The zero-order chi connectivity index (χ0) is 14.0. The van der Waals surface area contributed by atoms with Gasteiger partial charge in [0.1, 0.15) is 0 Å². The van der Waals surface area contributed by atoms with E-state index in [9.17, 15) is 0 Å². The Labute approximate surface area is 123 Å². The van der Waals surface area contributed by atoms with Gasteiger partial charge in [-0.25, -0.2) is 0 Å². The molecule has 2 aliphatic carbocycles. The van der Waals surface area contributed by atoms with Gasteiger partial charge >= 0.3 is 0 Å². The second-order valence-corrected chi connectivity index (χ2v) is 6.88. The maximum Gasteiger partial charge on any atom is 0.0611 e. The van der Waals surface area contributed by atoms with Gasteiger partial charge in [0.15, 0.2) is 0 Å². The summed E-state index contributed by atoms with van der Waals surface area (Å²) < 4.78 is 5.74. The molecule has 0 spiro atoms. The molecular weight excluding hydrogens is 250 g/mol. The molecule has 2 N–H and O–H groups in total. The molecule has 0 aromatic heterocycles. The molecule has 2 saturated carbocycles. The Morgan fingerprint density at radius 2 is 1.75 bits per heavy atom. The van der Waals surface area contributed by atoms with Crippen LogP contribution in [0.5, 0.6) is 0 Å². The Balaban J connectivity index is 1.49. The fourth-order valence-electron chi connectivity index (χ4n) is 4.53. The number of piperazine rings is 1. The maximum atomic E-state index is 6.10. The number of nitrogens with zero attached hydrogens (tertiary/aromatic N) is 2.